The van der Waals surface area contributed by atoms with E-state index in [9.17, 15) is 18.7 Å². The van der Waals surface area contributed by atoms with E-state index in [0.29, 0.717) is 29.4 Å². The zero-order valence-corrected chi connectivity index (χ0v) is 19.8. The molecule has 178 valence electrons. The summed E-state index contributed by atoms with van der Waals surface area (Å²) in [5.74, 6) is -4.80. The number of alkyl halides is 2. The van der Waals surface area contributed by atoms with E-state index in [0.717, 1.165) is 11.1 Å². The van der Waals surface area contributed by atoms with Crippen LogP contribution in [-0.2, 0) is 23.3 Å². The topological polar surface area (TPSA) is 40.5 Å². The van der Waals surface area contributed by atoms with Gasteiger partial charge in [-0.05, 0) is 35.2 Å². The number of benzene rings is 3. The Bertz CT molecular complexity index is 1090. The number of halogens is 3. The predicted molar refractivity (Wildman–Crippen MR) is 131 cm³/mol. The number of nitrogens with zero attached hydrogens (tertiary/aromatic N) is 1. The molecule has 0 aromatic heterocycles. The first-order chi connectivity index (χ1) is 16.2. The standard InChI is InChI=1S/C28H28ClF2NO2/c1-2-23(26(33)34)27(18-28(30,31)19-27)22-13-14-24(29)25(15-22)32(16-20-9-5-3-6-10-20)17-21-11-7-4-8-12-21/h3-15,23H,2,16-19H2,1H3,(H,33,34). The van der Waals surface area contributed by atoms with E-state index >= 15 is 0 Å². The number of rotatable bonds is 9. The van der Waals surface area contributed by atoms with Crippen molar-refractivity contribution in [1.82, 2.24) is 0 Å². The first-order valence-electron chi connectivity index (χ1n) is 11.5. The van der Waals surface area contributed by atoms with Gasteiger partial charge < -0.3 is 10.0 Å². The lowest BCUT2D eigenvalue weighted by Gasteiger charge is -2.51. The second-order valence-electron chi connectivity index (χ2n) is 9.16. The molecule has 4 rings (SSSR count). The second kappa shape index (κ2) is 9.75. The summed E-state index contributed by atoms with van der Waals surface area (Å²) in [6.45, 7) is 2.88. The number of carboxylic acid groups (broad SMARTS) is 1. The minimum atomic E-state index is -2.86. The van der Waals surface area contributed by atoms with Gasteiger partial charge in [-0.25, -0.2) is 8.78 Å². The zero-order valence-electron chi connectivity index (χ0n) is 19.1. The maximum atomic E-state index is 14.2. The third kappa shape index (κ3) is 4.95. The Balaban J connectivity index is 1.77. The Morgan fingerprint density at radius 1 is 0.971 bits per heavy atom. The minimum absolute atomic E-state index is 0.279. The van der Waals surface area contributed by atoms with Crippen molar-refractivity contribution >= 4 is 23.3 Å². The van der Waals surface area contributed by atoms with E-state index in [2.05, 4.69) is 4.90 Å². The van der Waals surface area contributed by atoms with Crippen molar-refractivity contribution in [2.45, 2.75) is 50.6 Å². The molecule has 0 amide bonds. The lowest BCUT2D eigenvalue weighted by molar-refractivity contribution is -0.168. The van der Waals surface area contributed by atoms with Gasteiger partial charge in [0.1, 0.15) is 0 Å². The van der Waals surface area contributed by atoms with Crippen LogP contribution in [0.25, 0.3) is 0 Å². The van der Waals surface area contributed by atoms with E-state index in [-0.39, 0.29) is 6.42 Å². The molecule has 0 heterocycles. The first kappa shape index (κ1) is 24.2. The van der Waals surface area contributed by atoms with Gasteiger partial charge in [0.25, 0.3) is 0 Å². The third-order valence-corrected chi connectivity index (χ3v) is 7.14. The summed E-state index contributed by atoms with van der Waals surface area (Å²) in [5.41, 5.74) is 2.37. The molecule has 34 heavy (non-hydrogen) atoms. The number of anilines is 1. The Hall–Kier alpha value is -2.92. The molecular formula is C28H28ClF2NO2. The van der Waals surface area contributed by atoms with Crippen molar-refractivity contribution in [3.8, 4) is 0 Å². The number of hydrogen-bond acceptors (Lipinski definition) is 2. The molecule has 3 nitrogen and oxygen atoms in total. The molecular weight excluding hydrogens is 456 g/mol. The fourth-order valence-corrected chi connectivity index (χ4v) is 5.46. The van der Waals surface area contributed by atoms with Crippen molar-refractivity contribution in [2.24, 2.45) is 5.92 Å². The Morgan fingerprint density at radius 2 is 1.50 bits per heavy atom. The van der Waals surface area contributed by atoms with Crippen molar-refractivity contribution in [3.63, 3.8) is 0 Å². The highest BCUT2D eigenvalue weighted by molar-refractivity contribution is 6.33. The van der Waals surface area contributed by atoms with Crippen molar-refractivity contribution in [1.29, 1.82) is 0 Å². The second-order valence-corrected chi connectivity index (χ2v) is 9.57. The summed E-state index contributed by atoms with van der Waals surface area (Å²) in [6.07, 6.45) is -0.659. The number of carboxylic acids is 1. The fourth-order valence-electron chi connectivity index (χ4n) is 5.22. The van der Waals surface area contributed by atoms with Crippen LogP contribution < -0.4 is 4.90 Å². The molecule has 1 fully saturated rings. The van der Waals surface area contributed by atoms with Crippen molar-refractivity contribution in [2.75, 3.05) is 4.90 Å². The Labute approximate surface area is 204 Å². The fraction of sp³-hybridized carbons (Fsp3) is 0.321. The summed E-state index contributed by atoms with van der Waals surface area (Å²) in [6, 6.07) is 25.2. The summed E-state index contributed by atoms with van der Waals surface area (Å²) in [4.78, 5) is 14.2. The van der Waals surface area contributed by atoms with Crippen LogP contribution in [0.3, 0.4) is 0 Å². The molecule has 1 unspecified atom stereocenters. The molecule has 1 aliphatic rings. The normalized spacial score (nSPS) is 16.9. The maximum Gasteiger partial charge on any atom is 0.307 e. The van der Waals surface area contributed by atoms with Crippen molar-refractivity contribution < 1.29 is 18.7 Å². The van der Waals surface area contributed by atoms with Crippen LogP contribution in [0.1, 0.15) is 42.9 Å². The van der Waals surface area contributed by atoms with Gasteiger partial charge in [0.05, 0.1) is 16.6 Å². The first-order valence-corrected chi connectivity index (χ1v) is 11.9. The molecule has 0 saturated heterocycles. The maximum absolute atomic E-state index is 14.2. The largest absolute Gasteiger partial charge is 0.481 e. The highest BCUT2D eigenvalue weighted by Gasteiger charge is 2.62. The van der Waals surface area contributed by atoms with Crippen LogP contribution in [0, 0.1) is 5.92 Å². The number of aliphatic carboxylic acids is 1. The van der Waals surface area contributed by atoms with Crippen LogP contribution in [-0.4, -0.2) is 17.0 Å². The summed E-state index contributed by atoms with van der Waals surface area (Å²) >= 11 is 6.66. The van der Waals surface area contributed by atoms with Crippen molar-refractivity contribution in [3.05, 3.63) is 101 Å². The smallest absolute Gasteiger partial charge is 0.307 e. The van der Waals surface area contributed by atoms with Crippen LogP contribution in [0.2, 0.25) is 5.02 Å². The highest BCUT2D eigenvalue weighted by Crippen LogP contribution is 2.58. The lowest BCUT2D eigenvalue weighted by atomic mass is 9.55. The van der Waals surface area contributed by atoms with Crippen LogP contribution in [0.15, 0.2) is 78.9 Å². The number of carbonyl (C=O) groups is 1. The minimum Gasteiger partial charge on any atom is -0.481 e. The average Bonchev–Trinajstić information content (AvgIpc) is 2.79. The van der Waals surface area contributed by atoms with Gasteiger partial charge in [0.15, 0.2) is 0 Å². The molecule has 1 N–H and O–H groups in total. The van der Waals surface area contributed by atoms with Crippen LogP contribution in [0.5, 0.6) is 0 Å². The Morgan fingerprint density at radius 3 is 1.94 bits per heavy atom. The summed E-state index contributed by atoms with van der Waals surface area (Å²) in [5, 5.41) is 10.3. The van der Waals surface area contributed by atoms with Crippen LogP contribution in [0.4, 0.5) is 14.5 Å². The van der Waals surface area contributed by atoms with Gasteiger partial charge in [-0.3, -0.25) is 4.79 Å². The van der Waals surface area contributed by atoms with E-state index in [1.807, 2.05) is 66.7 Å². The molecule has 1 aliphatic carbocycles. The van der Waals surface area contributed by atoms with E-state index < -0.39 is 36.1 Å². The quantitative estimate of drug-likeness (QED) is 0.346. The Kier molecular flexibility index (Phi) is 6.94. The van der Waals surface area contributed by atoms with E-state index in [1.54, 1.807) is 19.1 Å². The number of hydrogen-bond donors (Lipinski definition) is 1. The van der Waals surface area contributed by atoms with Gasteiger partial charge in [-0.15, -0.1) is 0 Å². The monoisotopic (exact) mass is 483 g/mol. The zero-order chi connectivity index (χ0) is 24.3. The molecule has 0 radical (unpaired) electrons. The predicted octanol–water partition coefficient (Wildman–Crippen LogP) is 7.32. The van der Waals surface area contributed by atoms with Gasteiger partial charge in [0, 0.05) is 31.3 Å². The van der Waals surface area contributed by atoms with Gasteiger partial charge in [-0.1, -0.05) is 85.3 Å². The molecule has 3 aromatic carbocycles. The summed E-state index contributed by atoms with van der Waals surface area (Å²) < 4.78 is 28.3. The van der Waals surface area contributed by atoms with Gasteiger partial charge in [0.2, 0.25) is 5.92 Å². The van der Waals surface area contributed by atoms with Gasteiger partial charge >= 0.3 is 5.97 Å². The third-order valence-electron chi connectivity index (χ3n) is 6.82. The summed E-state index contributed by atoms with van der Waals surface area (Å²) in [7, 11) is 0. The SMILES string of the molecule is CCC(C(=O)O)C1(c2ccc(Cl)c(N(Cc3ccccc3)Cc3ccccc3)c2)CC(F)(F)C1. The van der Waals surface area contributed by atoms with E-state index in [4.69, 9.17) is 11.6 Å². The lowest BCUT2D eigenvalue weighted by Crippen LogP contribution is -2.55. The van der Waals surface area contributed by atoms with E-state index in [1.165, 1.54) is 0 Å². The average molecular weight is 484 g/mol. The molecule has 0 bridgehead atoms. The molecule has 0 aliphatic heterocycles. The van der Waals surface area contributed by atoms with Gasteiger partial charge in [-0.2, -0.15) is 0 Å². The molecule has 3 aromatic rings. The molecule has 6 heteroatoms. The highest BCUT2D eigenvalue weighted by atomic mass is 35.5. The molecule has 1 saturated carbocycles. The molecule has 1 atom stereocenters. The molecule has 0 spiro atoms. The van der Waals surface area contributed by atoms with Crippen LogP contribution >= 0.6 is 11.6 Å².